The molecular formula is C22H21ClFNO5. The van der Waals surface area contributed by atoms with Gasteiger partial charge in [-0.15, -0.1) is 0 Å². The van der Waals surface area contributed by atoms with E-state index in [4.69, 9.17) is 25.5 Å². The van der Waals surface area contributed by atoms with Crippen LogP contribution in [-0.4, -0.2) is 38.5 Å². The Morgan fingerprint density at radius 3 is 2.73 bits per heavy atom. The van der Waals surface area contributed by atoms with E-state index in [1.54, 1.807) is 12.1 Å². The molecule has 1 aromatic heterocycles. The third kappa shape index (κ3) is 3.33. The average Bonchev–Trinajstić information content (AvgIpc) is 3.22. The smallest absolute Gasteiger partial charge is 0.197 e. The van der Waals surface area contributed by atoms with Crippen molar-refractivity contribution in [3.8, 4) is 22.8 Å². The third-order valence-electron chi connectivity index (χ3n) is 5.54. The van der Waals surface area contributed by atoms with Gasteiger partial charge in [0.15, 0.2) is 5.43 Å². The summed E-state index contributed by atoms with van der Waals surface area (Å²) in [5.41, 5.74) is 0.857. The highest BCUT2D eigenvalue weighted by atomic mass is 35.5. The molecule has 4 rings (SSSR count). The summed E-state index contributed by atoms with van der Waals surface area (Å²) in [5.74, 6) is 0.167. The Balaban J connectivity index is 2.08. The van der Waals surface area contributed by atoms with Crippen molar-refractivity contribution in [2.45, 2.75) is 18.4 Å². The first-order valence-corrected chi connectivity index (χ1v) is 9.89. The monoisotopic (exact) mass is 433 g/mol. The Kier molecular flexibility index (Phi) is 5.69. The molecule has 1 fully saturated rings. The van der Waals surface area contributed by atoms with Crippen LogP contribution < -0.4 is 20.2 Å². The number of halogens is 2. The lowest BCUT2D eigenvalue weighted by molar-refractivity contribution is 0.244. The van der Waals surface area contributed by atoms with Crippen LogP contribution in [0.5, 0.6) is 11.5 Å². The number of nitrogens with one attached hydrogen (secondary N) is 1. The van der Waals surface area contributed by atoms with E-state index in [2.05, 4.69) is 5.32 Å². The van der Waals surface area contributed by atoms with Gasteiger partial charge in [-0.3, -0.25) is 4.79 Å². The number of rotatable bonds is 5. The lowest BCUT2D eigenvalue weighted by Gasteiger charge is -2.22. The highest BCUT2D eigenvalue weighted by Crippen LogP contribution is 2.43. The van der Waals surface area contributed by atoms with Crippen molar-refractivity contribution in [1.29, 1.82) is 0 Å². The van der Waals surface area contributed by atoms with Crippen molar-refractivity contribution < 1.29 is 23.4 Å². The molecule has 1 aliphatic rings. The van der Waals surface area contributed by atoms with Crippen LogP contribution in [0.1, 0.15) is 17.9 Å². The van der Waals surface area contributed by atoms with Gasteiger partial charge in [-0.25, -0.2) is 4.39 Å². The van der Waals surface area contributed by atoms with Crippen LogP contribution in [0.3, 0.4) is 0 Å². The van der Waals surface area contributed by atoms with Crippen LogP contribution in [0.25, 0.3) is 22.3 Å². The molecule has 0 aliphatic carbocycles. The molecule has 0 bridgehead atoms. The first kappa shape index (κ1) is 20.7. The standard InChI is InChI=1S/C22H21ClFNO5/c1-28-17-9-18(29-2)20-15(27)8-16(12-4-3-5-13(24)21(12)23)30-22(20)19(17)11-6-7-25-14(11)10-26/h3-5,8-9,11,14,25-26H,6-7,10H2,1-2H3. The molecule has 2 N–H and O–H groups in total. The Labute approximate surface area is 177 Å². The van der Waals surface area contributed by atoms with E-state index in [-0.39, 0.29) is 51.3 Å². The highest BCUT2D eigenvalue weighted by Gasteiger charge is 2.34. The van der Waals surface area contributed by atoms with Crippen LogP contribution in [0.2, 0.25) is 5.02 Å². The van der Waals surface area contributed by atoms with Gasteiger partial charge >= 0.3 is 0 Å². The van der Waals surface area contributed by atoms with E-state index < -0.39 is 5.82 Å². The van der Waals surface area contributed by atoms with Crippen molar-refractivity contribution in [3.63, 3.8) is 0 Å². The van der Waals surface area contributed by atoms with Gasteiger partial charge in [0.1, 0.15) is 34.0 Å². The molecule has 0 saturated carbocycles. The molecule has 6 nitrogen and oxygen atoms in total. The number of fused-ring (bicyclic) bond motifs is 1. The van der Waals surface area contributed by atoms with Crippen molar-refractivity contribution >= 4 is 22.6 Å². The number of methoxy groups -OCH3 is 2. The van der Waals surface area contributed by atoms with E-state index >= 15 is 0 Å². The predicted molar refractivity (Wildman–Crippen MR) is 112 cm³/mol. The largest absolute Gasteiger partial charge is 0.496 e. The van der Waals surface area contributed by atoms with E-state index in [1.807, 2.05) is 0 Å². The zero-order valence-electron chi connectivity index (χ0n) is 16.5. The molecule has 2 heterocycles. The summed E-state index contributed by atoms with van der Waals surface area (Å²) >= 11 is 6.13. The Bertz CT molecular complexity index is 1160. The van der Waals surface area contributed by atoms with E-state index in [1.165, 1.54) is 32.4 Å². The van der Waals surface area contributed by atoms with Gasteiger partial charge in [0.2, 0.25) is 0 Å². The van der Waals surface area contributed by atoms with Gasteiger partial charge in [0, 0.05) is 35.2 Å². The maximum atomic E-state index is 14.0. The molecule has 1 aliphatic heterocycles. The summed E-state index contributed by atoms with van der Waals surface area (Å²) in [6.45, 7) is 0.618. The molecule has 2 atom stereocenters. The predicted octanol–water partition coefficient (Wildman–Crippen LogP) is 3.71. The second-order valence-electron chi connectivity index (χ2n) is 7.11. The number of ether oxygens (including phenoxy) is 2. The third-order valence-corrected chi connectivity index (χ3v) is 5.92. The number of hydrogen-bond acceptors (Lipinski definition) is 6. The van der Waals surface area contributed by atoms with Crippen molar-refractivity contribution in [1.82, 2.24) is 5.32 Å². The maximum absolute atomic E-state index is 14.0. The van der Waals surface area contributed by atoms with E-state index in [0.29, 0.717) is 23.6 Å². The molecule has 30 heavy (non-hydrogen) atoms. The van der Waals surface area contributed by atoms with E-state index in [9.17, 15) is 14.3 Å². The van der Waals surface area contributed by atoms with Crippen LogP contribution in [0, 0.1) is 5.82 Å². The first-order chi connectivity index (χ1) is 14.5. The number of aliphatic hydroxyl groups excluding tert-OH is 1. The summed E-state index contributed by atoms with van der Waals surface area (Å²) in [7, 11) is 2.98. The topological polar surface area (TPSA) is 80.9 Å². The Morgan fingerprint density at radius 1 is 1.27 bits per heavy atom. The minimum atomic E-state index is -0.610. The van der Waals surface area contributed by atoms with Gasteiger partial charge in [0.05, 0.1) is 25.8 Å². The van der Waals surface area contributed by atoms with Crippen molar-refractivity contribution in [2.24, 2.45) is 0 Å². The molecule has 0 amide bonds. The number of hydrogen-bond donors (Lipinski definition) is 2. The van der Waals surface area contributed by atoms with Crippen molar-refractivity contribution in [3.05, 3.63) is 57.0 Å². The van der Waals surface area contributed by atoms with Crippen LogP contribution in [0.15, 0.2) is 39.5 Å². The molecule has 2 aromatic carbocycles. The van der Waals surface area contributed by atoms with Gasteiger partial charge in [-0.05, 0) is 25.1 Å². The summed E-state index contributed by atoms with van der Waals surface area (Å²) in [6.07, 6.45) is 0.720. The molecule has 2 unspecified atom stereocenters. The summed E-state index contributed by atoms with van der Waals surface area (Å²) in [4.78, 5) is 13.1. The molecule has 1 saturated heterocycles. The van der Waals surface area contributed by atoms with Gasteiger partial charge < -0.3 is 24.3 Å². The van der Waals surface area contributed by atoms with Crippen LogP contribution in [-0.2, 0) is 0 Å². The zero-order valence-corrected chi connectivity index (χ0v) is 17.3. The summed E-state index contributed by atoms with van der Waals surface area (Å²) in [6, 6.07) is 7.02. The minimum Gasteiger partial charge on any atom is -0.496 e. The lowest BCUT2D eigenvalue weighted by Crippen LogP contribution is -2.30. The maximum Gasteiger partial charge on any atom is 0.197 e. The van der Waals surface area contributed by atoms with Crippen molar-refractivity contribution in [2.75, 3.05) is 27.4 Å². The van der Waals surface area contributed by atoms with E-state index in [0.717, 1.165) is 6.42 Å². The Hall–Kier alpha value is -2.61. The molecular weight excluding hydrogens is 413 g/mol. The highest BCUT2D eigenvalue weighted by molar-refractivity contribution is 6.33. The summed E-state index contributed by atoms with van der Waals surface area (Å²) < 4.78 is 31.2. The summed E-state index contributed by atoms with van der Waals surface area (Å²) in [5, 5.41) is 13.2. The fourth-order valence-corrected chi connectivity index (χ4v) is 4.33. The zero-order chi connectivity index (χ0) is 21.4. The van der Waals surface area contributed by atoms with Gasteiger partial charge in [-0.1, -0.05) is 17.7 Å². The van der Waals surface area contributed by atoms with Gasteiger partial charge in [-0.2, -0.15) is 0 Å². The fourth-order valence-electron chi connectivity index (χ4n) is 4.11. The van der Waals surface area contributed by atoms with Crippen LogP contribution in [0.4, 0.5) is 4.39 Å². The molecule has 158 valence electrons. The quantitative estimate of drug-likeness (QED) is 0.638. The first-order valence-electron chi connectivity index (χ1n) is 9.51. The van der Waals surface area contributed by atoms with Gasteiger partial charge in [0.25, 0.3) is 0 Å². The van der Waals surface area contributed by atoms with Crippen LogP contribution >= 0.6 is 11.6 Å². The second-order valence-corrected chi connectivity index (χ2v) is 7.49. The number of benzene rings is 2. The SMILES string of the molecule is COc1cc(OC)c2c(=O)cc(-c3cccc(F)c3Cl)oc2c1C1CCNC1CO. The lowest BCUT2D eigenvalue weighted by atomic mass is 9.89. The normalized spacial score (nSPS) is 18.7. The minimum absolute atomic E-state index is 0.0824. The molecule has 8 heteroatoms. The fraction of sp³-hybridized carbons (Fsp3) is 0.318. The average molecular weight is 434 g/mol. The molecule has 0 spiro atoms. The molecule has 0 radical (unpaired) electrons. The Morgan fingerprint density at radius 2 is 2.03 bits per heavy atom. The second kappa shape index (κ2) is 8.26. The molecule has 3 aromatic rings. The number of aliphatic hydroxyl groups is 1.